The summed E-state index contributed by atoms with van der Waals surface area (Å²) in [6, 6.07) is 18.3. The Morgan fingerprint density at radius 3 is 2.42 bits per heavy atom. The molecule has 0 amide bonds. The highest BCUT2D eigenvalue weighted by atomic mass is 16.5. The van der Waals surface area contributed by atoms with Crippen LogP contribution in [0.25, 0.3) is 21.9 Å². The molecular weight excluding hydrogens is 296 g/mol. The van der Waals surface area contributed by atoms with Gasteiger partial charge in [0.25, 0.3) is 0 Å². The van der Waals surface area contributed by atoms with Gasteiger partial charge in [0.1, 0.15) is 5.75 Å². The molecule has 0 radical (unpaired) electrons. The Morgan fingerprint density at radius 2 is 1.79 bits per heavy atom. The molecule has 0 aliphatic rings. The Kier molecular flexibility index (Phi) is 4.66. The van der Waals surface area contributed by atoms with Crippen molar-refractivity contribution in [1.29, 1.82) is 0 Å². The highest BCUT2D eigenvalue weighted by molar-refractivity contribution is 6.06. The molecule has 0 heterocycles. The van der Waals surface area contributed by atoms with Crippen molar-refractivity contribution >= 4 is 17.1 Å². The molecular formula is C22H22O2. The maximum Gasteiger partial charge on any atom is 0.151 e. The number of methoxy groups -OCH3 is 1. The first-order valence-electron chi connectivity index (χ1n) is 8.28. The molecule has 0 N–H and O–H groups in total. The number of benzene rings is 3. The van der Waals surface area contributed by atoms with E-state index in [1.165, 1.54) is 5.56 Å². The summed E-state index contributed by atoms with van der Waals surface area (Å²) in [7, 11) is 1.66. The summed E-state index contributed by atoms with van der Waals surface area (Å²) in [5.74, 6) is 1.32. The van der Waals surface area contributed by atoms with Gasteiger partial charge in [-0.05, 0) is 58.0 Å². The molecule has 0 saturated heterocycles. The van der Waals surface area contributed by atoms with Crippen LogP contribution < -0.4 is 4.74 Å². The molecule has 0 saturated carbocycles. The molecule has 0 unspecified atom stereocenters. The average Bonchev–Trinajstić information content (AvgIpc) is 2.60. The number of hydrogen-bond acceptors (Lipinski definition) is 2. The fourth-order valence-corrected chi connectivity index (χ4v) is 3.27. The molecule has 3 rings (SSSR count). The average molecular weight is 318 g/mol. The lowest BCUT2D eigenvalue weighted by Crippen LogP contribution is -2.01. The highest BCUT2D eigenvalue weighted by Gasteiger charge is 2.16. The first-order valence-corrected chi connectivity index (χ1v) is 8.28. The van der Waals surface area contributed by atoms with E-state index in [2.05, 4.69) is 32.0 Å². The van der Waals surface area contributed by atoms with Gasteiger partial charge in [-0.25, -0.2) is 0 Å². The highest BCUT2D eigenvalue weighted by Crippen LogP contribution is 2.35. The van der Waals surface area contributed by atoms with Crippen LogP contribution in [-0.4, -0.2) is 13.4 Å². The van der Waals surface area contributed by atoms with Crippen LogP contribution in [0.15, 0.2) is 54.6 Å². The van der Waals surface area contributed by atoms with E-state index in [-0.39, 0.29) is 0 Å². The van der Waals surface area contributed by atoms with E-state index in [1.807, 2.05) is 36.4 Å². The number of rotatable bonds is 5. The lowest BCUT2D eigenvalue weighted by Gasteiger charge is -2.17. The number of aldehydes is 1. The summed E-state index contributed by atoms with van der Waals surface area (Å²) < 4.78 is 5.34. The molecule has 3 aromatic carbocycles. The summed E-state index contributed by atoms with van der Waals surface area (Å²) in [6.45, 7) is 4.40. The van der Waals surface area contributed by atoms with Crippen LogP contribution in [0.5, 0.6) is 5.75 Å². The van der Waals surface area contributed by atoms with Gasteiger partial charge in [0, 0.05) is 5.56 Å². The number of carbonyl (C=O) groups excluding carboxylic acids is 1. The van der Waals surface area contributed by atoms with Crippen molar-refractivity contribution in [3.8, 4) is 16.9 Å². The first-order chi connectivity index (χ1) is 11.6. The molecule has 3 aromatic rings. The van der Waals surface area contributed by atoms with Crippen LogP contribution in [0.4, 0.5) is 0 Å². The van der Waals surface area contributed by atoms with Gasteiger partial charge < -0.3 is 4.74 Å². The second kappa shape index (κ2) is 6.88. The van der Waals surface area contributed by atoms with Crippen molar-refractivity contribution in [3.63, 3.8) is 0 Å². The summed E-state index contributed by atoms with van der Waals surface area (Å²) in [6.07, 6.45) is 1.92. The molecule has 122 valence electrons. The minimum atomic E-state index is 0.509. The third kappa shape index (κ3) is 3.05. The number of fused-ring (bicyclic) bond motifs is 1. The maximum atomic E-state index is 12.0. The van der Waals surface area contributed by atoms with Crippen LogP contribution in [-0.2, 0) is 6.42 Å². The van der Waals surface area contributed by atoms with Gasteiger partial charge in [0.15, 0.2) is 6.29 Å². The Balaban J connectivity index is 2.36. The van der Waals surface area contributed by atoms with E-state index >= 15 is 0 Å². The normalized spacial score (nSPS) is 11.0. The molecule has 0 aromatic heterocycles. The fraction of sp³-hybridized carbons (Fsp3) is 0.227. The van der Waals surface area contributed by atoms with Crippen molar-refractivity contribution in [2.45, 2.75) is 20.3 Å². The van der Waals surface area contributed by atoms with Crippen LogP contribution in [0, 0.1) is 5.92 Å². The quantitative estimate of drug-likeness (QED) is 0.578. The van der Waals surface area contributed by atoms with E-state index in [4.69, 9.17) is 4.74 Å². The topological polar surface area (TPSA) is 26.3 Å². The summed E-state index contributed by atoms with van der Waals surface area (Å²) in [4.78, 5) is 12.0. The smallest absolute Gasteiger partial charge is 0.151 e. The van der Waals surface area contributed by atoms with E-state index < -0.39 is 0 Å². The van der Waals surface area contributed by atoms with Gasteiger partial charge in [0.2, 0.25) is 0 Å². The summed E-state index contributed by atoms with van der Waals surface area (Å²) in [5.41, 5.74) is 4.11. The van der Waals surface area contributed by atoms with Gasteiger partial charge in [-0.1, -0.05) is 50.2 Å². The second-order valence-corrected chi connectivity index (χ2v) is 6.49. The molecule has 0 aliphatic heterocycles. The molecule has 0 bridgehead atoms. The molecule has 24 heavy (non-hydrogen) atoms. The number of carbonyl (C=O) groups is 1. The standard InChI is InChI=1S/C22H22O2/c1-15(2)11-18-12-17-13-19(24-3)9-10-20(17)21(14-23)22(18)16-7-5-4-6-8-16/h4-10,12-15H,11H2,1-3H3. The van der Waals surface area contributed by atoms with Gasteiger partial charge in [0.05, 0.1) is 7.11 Å². The lowest BCUT2D eigenvalue weighted by molar-refractivity contribution is 0.112. The Morgan fingerprint density at radius 1 is 1.04 bits per heavy atom. The third-order valence-corrected chi connectivity index (χ3v) is 4.28. The number of hydrogen-bond donors (Lipinski definition) is 0. The molecule has 0 atom stereocenters. The van der Waals surface area contributed by atoms with E-state index in [9.17, 15) is 4.79 Å². The van der Waals surface area contributed by atoms with E-state index in [0.717, 1.165) is 45.9 Å². The zero-order valence-electron chi connectivity index (χ0n) is 14.4. The minimum absolute atomic E-state index is 0.509. The largest absolute Gasteiger partial charge is 0.497 e. The Labute approximate surface area is 143 Å². The van der Waals surface area contributed by atoms with Crippen molar-refractivity contribution in [2.75, 3.05) is 7.11 Å². The predicted molar refractivity (Wildman–Crippen MR) is 99.9 cm³/mol. The minimum Gasteiger partial charge on any atom is -0.497 e. The third-order valence-electron chi connectivity index (χ3n) is 4.28. The van der Waals surface area contributed by atoms with Crippen molar-refractivity contribution < 1.29 is 9.53 Å². The summed E-state index contributed by atoms with van der Waals surface area (Å²) in [5, 5.41) is 2.02. The van der Waals surface area contributed by atoms with Gasteiger partial charge in [-0.3, -0.25) is 4.79 Å². The number of ether oxygens (including phenoxy) is 1. The Bertz CT molecular complexity index is 864. The van der Waals surface area contributed by atoms with Gasteiger partial charge >= 0.3 is 0 Å². The van der Waals surface area contributed by atoms with Gasteiger partial charge in [-0.15, -0.1) is 0 Å². The molecule has 0 spiro atoms. The van der Waals surface area contributed by atoms with Crippen LogP contribution >= 0.6 is 0 Å². The monoisotopic (exact) mass is 318 g/mol. The van der Waals surface area contributed by atoms with Crippen LogP contribution in [0.1, 0.15) is 29.8 Å². The Hall–Kier alpha value is -2.61. The zero-order valence-corrected chi connectivity index (χ0v) is 14.4. The molecule has 2 nitrogen and oxygen atoms in total. The first kappa shape index (κ1) is 16.3. The SMILES string of the molecule is COc1ccc2c(C=O)c(-c3ccccc3)c(CC(C)C)cc2c1. The van der Waals surface area contributed by atoms with E-state index in [1.54, 1.807) is 7.11 Å². The fourth-order valence-electron chi connectivity index (χ4n) is 3.27. The van der Waals surface area contributed by atoms with Crippen LogP contribution in [0.2, 0.25) is 0 Å². The maximum absolute atomic E-state index is 12.0. The van der Waals surface area contributed by atoms with Crippen molar-refractivity contribution in [2.24, 2.45) is 5.92 Å². The molecule has 0 aliphatic carbocycles. The predicted octanol–water partition coefficient (Wildman–Crippen LogP) is 5.53. The van der Waals surface area contributed by atoms with Gasteiger partial charge in [-0.2, -0.15) is 0 Å². The lowest BCUT2D eigenvalue weighted by atomic mass is 9.87. The van der Waals surface area contributed by atoms with Crippen LogP contribution in [0.3, 0.4) is 0 Å². The van der Waals surface area contributed by atoms with E-state index in [0.29, 0.717) is 5.92 Å². The second-order valence-electron chi connectivity index (χ2n) is 6.49. The zero-order chi connectivity index (χ0) is 17.1. The molecule has 0 fully saturated rings. The summed E-state index contributed by atoms with van der Waals surface area (Å²) >= 11 is 0. The molecule has 2 heteroatoms. The van der Waals surface area contributed by atoms with Crippen molar-refractivity contribution in [3.05, 3.63) is 65.7 Å². The van der Waals surface area contributed by atoms with Crippen molar-refractivity contribution in [1.82, 2.24) is 0 Å².